The molecule has 0 fully saturated rings. The Bertz CT molecular complexity index is 458. The lowest BCUT2D eigenvalue weighted by molar-refractivity contribution is 0.714. The van der Waals surface area contributed by atoms with Gasteiger partial charge in [0.05, 0.1) is 5.69 Å². The van der Waals surface area contributed by atoms with Crippen LogP contribution in [0, 0.1) is 0 Å². The molecule has 0 aliphatic heterocycles. The van der Waals surface area contributed by atoms with E-state index in [0.717, 1.165) is 18.1 Å². The summed E-state index contributed by atoms with van der Waals surface area (Å²) in [6.45, 7) is 8.49. The van der Waals surface area contributed by atoms with E-state index in [1.807, 2.05) is 11.3 Å². The van der Waals surface area contributed by atoms with Crippen molar-refractivity contribution in [3.8, 4) is 10.6 Å². The van der Waals surface area contributed by atoms with Crippen molar-refractivity contribution in [1.82, 2.24) is 10.3 Å². The summed E-state index contributed by atoms with van der Waals surface area (Å²) in [4.78, 5) is 6.17. The Morgan fingerprint density at radius 1 is 1.41 bits per heavy atom. The van der Waals surface area contributed by atoms with Crippen LogP contribution in [0.15, 0.2) is 16.8 Å². The first-order valence-electron chi connectivity index (χ1n) is 5.95. The van der Waals surface area contributed by atoms with Gasteiger partial charge in [-0.05, 0) is 23.9 Å². The fourth-order valence-electron chi connectivity index (χ4n) is 1.69. The molecular weight excluding hydrogens is 248 g/mol. The van der Waals surface area contributed by atoms with Crippen molar-refractivity contribution in [2.24, 2.45) is 0 Å². The first-order chi connectivity index (χ1) is 8.22. The van der Waals surface area contributed by atoms with E-state index in [-0.39, 0.29) is 0 Å². The second-order valence-electron chi connectivity index (χ2n) is 4.27. The average molecular weight is 266 g/mol. The first-order valence-corrected chi connectivity index (χ1v) is 7.71. The molecule has 0 saturated carbocycles. The van der Waals surface area contributed by atoms with E-state index in [1.54, 1.807) is 11.3 Å². The predicted molar refractivity (Wildman–Crippen MR) is 76.9 cm³/mol. The van der Waals surface area contributed by atoms with Crippen LogP contribution in [0.4, 0.5) is 0 Å². The molecule has 2 aromatic heterocycles. The third kappa shape index (κ3) is 2.94. The number of aromatic nitrogens is 1. The Kier molecular flexibility index (Phi) is 4.31. The maximum absolute atomic E-state index is 4.79. The number of thiazole rings is 1. The van der Waals surface area contributed by atoms with Crippen molar-refractivity contribution in [3.63, 3.8) is 0 Å². The van der Waals surface area contributed by atoms with Gasteiger partial charge in [0.1, 0.15) is 5.01 Å². The average Bonchev–Trinajstić information content (AvgIpc) is 2.94. The number of thiophene rings is 1. The summed E-state index contributed by atoms with van der Waals surface area (Å²) < 4.78 is 0. The molecule has 0 bridgehead atoms. The van der Waals surface area contributed by atoms with Crippen LogP contribution in [0.1, 0.15) is 37.3 Å². The molecule has 2 nitrogen and oxygen atoms in total. The van der Waals surface area contributed by atoms with Crippen LogP contribution in [0.5, 0.6) is 0 Å². The van der Waals surface area contributed by atoms with Crippen LogP contribution in [-0.4, -0.2) is 11.5 Å². The molecular formula is C13H18N2S2. The molecule has 2 rings (SSSR count). The zero-order chi connectivity index (χ0) is 12.3. The van der Waals surface area contributed by atoms with Gasteiger partial charge in [-0.15, -0.1) is 11.3 Å². The van der Waals surface area contributed by atoms with E-state index >= 15 is 0 Å². The molecule has 0 amide bonds. The Labute approximate surface area is 111 Å². The molecule has 17 heavy (non-hydrogen) atoms. The Morgan fingerprint density at radius 3 is 2.82 bits per heavy atom. The van der Waals surface area contributed by atoms with Gasteiger partial charge >= 0.3 is 0 Å². The topological polar surface area (TPSA) is 24.9 Å². The molecule has 0 aromatic carbocycles. The van der Waals surface area contributed by atoms with Crippen molar-refractivity contribution in [2.75, 3.05) is 6.54 Å². The summed E-state index contributed by atoms with van der Waals surface area (Å²) in [7, 11) is 0. The number of nitrogens with zero attached hydrogens (tertiary/aromatic N) is 1. The van der Waals surface area contributed by atoms with Crippen molar-refractivity contribution in [2.45, 2.75) is 33.2 Å². The second-order valence-corrected chi connectivity index (χ2v) is 6.14. The molecule has 1 N–H and O–H groups in total. The third-order valence-corrected chi connectivity index (χ3v) is 4.38. The third-order valence-electron chi connectivity index (χ3n) is 2.58. The number of hydrogen-bond donors (Lipinski definition) is 1. The van der Waals surface area contributed by atoms with Crippen LogP contribution < -0.4 is 5.32 Å². The van der Waals surface area contributed by atoms with E-state index < -0.39 is 0 Å². The van der Waals surface area contributed by atoms with Crippen molar-refractivity contribution in [1.29, 1.82) is 0 Å². The van der Waals surface area contributed by atoms with Crippen molar-refractivity contribution >= 4 is 22.7 Å². The lowest BCUT2D eigenvalue weighted by Crippen LogP contribution is -2.12. The normalized spacial score (nSPS) is 11.3. The Balaban J connectivity index is 2.30. The van der Waals surface area contributed by atoms with Crippen LogP contribution in [-0.2, 0) is 6.54 Å². The highest BCUT2D eigenvalue weighted by Crippen LogP contribution is 2.32. The number of rotatable bonds is 5. The highest BCUT2D eigenvalue weighted by Gasteiger charge is 2.14. The maximum Gasteiger partial charge on any atom is 0.124 e. The largest absolute Gasteiger partial charge is 0.312 e. The highest BCUT2D eigenvalue weighted by atomic mass is 32.1. The van der Waals surface area contributed by atoms with Gasteiger partial charge in [-0.1, -0.05) is 20.8 Å². The molecule has 2 aromatic rings. The van der Waals surface area contributed by atoms with Gasteiger partial charge in [-0.25, -0.2) is 4.98 Å². The summed E-state index contributed by atoms with van der Waals surface area (Å²) in [6, 6.07) is 2.14. The van der Waals surface area contributed by atoms with Gasteiger partial charge in [-0.3, -0.25) is 0 Å². The molecule has 92 valence electrons. The monoisotopic (exact) mass is 266 g/mol. The molecule has 2 heterocycles. The van der Waals surface area contributed by atoms with E-state index in [4.69, 9.17) is 4.98 Å². The van der Waals surface area contributed by atoms with Crippen molar-refractivity contribution < 1.29 is 0 Å². The molecule has 0 radical (unpaired) electrons. The quantitative estimate of drug-likeness (QED) is 0.881. The minimum absolute atomic E-state index is 0.493. The summed E-state index contributed by atoms with van der Waals surface area (Å²) in [5.41, 5.74) is 2.50. The van der Waals surface area contributed by atoms with Crippen molar-refractivity contribution in [3.05, 3.63) is 27.4 Å². The van der Waals surface area contributed by atoms with E-state index in [0.29, 0.717) is 5.92 Å². The molecule has 0 spiro atoms. The van der Waals surface area contributed by atoms with Gasteiger partial charge in [0.25, 0.3) is 0 Å². The molecule has 4 heteroatoms. The van der Waals surface area contributed by atoms with E-state index in [9.17, 15) is 0 Å². The van der Waals surface area contributed by atoms with Crippen LogP contribution in [0.25, 0.3) is 10.6 Å². The molecule has 0 unspecified atom stereocenters. The Morgan fingerprint density at radius 2 is 2.24 bits per heavy atom. The SMILES string of the molecule is CCNCc1sc(-c2ccsc2)nc1C(C)C. The van der Waals surface area contributed by atoms with Gasteiger partial charge in [-0.2, -0.15) is 11.3 Å². The highest BCUT2D eigenvalue weighted by molar-refractivity contribution is 7.15. The van der Waals surface area contributed by atoms with Crippen LogP contribution >= 0.6 is 22.7 Å². The standard InChI is InChI=1S/C13H18N2S2/c1-4-14-7-11-12(9(2)3)15-13(17-11)10-5-6-16-8-10/h5-6,8-9,14H,4,7H2,1-3H3. The predicted octanol–water partition coefficient (Wildman–Crippen LogP) is 4.10. The van der Waals surface area contributed by atoms with E-state index in [1.165, 1.54) is 16.1 Å². The van der Waals surface area contributed by atoms with E-state index in [2.05, 4.69) is 42.9 Å². The molecule has 0 saturated heterocycles. The van der Waals surface area contributed by atoms with Crippen LogP contribution in [0.2, 0.25) is 0 Å². The summed E-state index contributed by atoms with van der Waals surface area (Å²) in [5, 5.41) is 8.82. The zero-order valence-electron chi connectivity index (χ0n) is 10.5. The summed E-state index contributed by atoms with van der Waals surface area (Å²) >= 11 is 3.55. The molecule has 0 aliphatic rings. The fourth-order valence-corrected chi connectivity index (χ4v) is 3.59. The lowest BCUT2D eigenvalue weighted by atomic mass is 10.1. The molecule has 0 atom stereocenters. The smallest absolute Gasteiger partial charge is 0.124 e. The first kappa shape index (κ1) is 12.7. The second kappa shape index (κ2) is 5.76. The van der Waals surface area contributed by atoms with Gasteiger partial charge in [0.15, 0.2) is 0 Å². The maximum atomic E-state index is 4.79. The fraction of sp³-hybridized carbons (Fsp3) is 0.462. The number of hydrogen-bond acceptors (Lipinski definition) is 4. The van der Waals surface area contributed by atoms with Gasteiger partial charge in [0, 0.05) is 22.4 Å². The van der Waals surface area contributed by atoms with Gasteiger partial charge in [0.2, 0.25) is 0 Å². The lowest BCUT2D eigenvalue weighted by Gasteiger charge is -2.04. The minimum atomic E-state index is 0.493. The van der Waals surface area contributed by atoms with Gasteiger partial charge < -0.3 is 5.32 Å². The number of nitrogens with one attached hydrogen (secondary N) is 1. The molecule has 0 aliphatic carbocycles. The summed E-state index contributed by atoms with van der Waals surface area (Å²) in [6.07, 6.45) is 0. The Hall–Kier alpha value is -0.710. The van der Waals surface area contributed by atoms with Crippen LogP contribution in [0.3, 0.4) is 0 Å². The zero-order valence-corrected chi connectivity index (χ0v) is 12.1. The summed E-state index contributed by atoms with van der Waals surface area (Å²) in [5.74, 6) is 0.493. The minimum Gasteiger partial charge on any atom is -0.312 e.